The van der Waals surface area contributed by atoms with Gasteiger partial charge in [-0.05, 0) is 49.4 Å². The van der Waals surface area contributed by atoms with Gasteiger partial charge in [0.15, 0.2) is 0 Å². The zero-order valence-corrected chi connectivity index (χ0v) is 19.6. The molecule has 1 aliphatic rings. The predicted octanol–water partition coefficient (Wildman–Crippen LogP) is 4.77. The van der Waals surface area contributed by atoms with E-state index in [-0.39, 0.29) is 29.8 Å². The second-order valence-electron chi connectivity index (χ2n) is 7.70. The van der Waals surface area contributed by atoms with E-state index in [1.165, 1.54) is 25.4 Å². The second kappa shape index (κ2) is 10.4. The zero-order chi connectivity index (χ0) is 23.4. The van der Waals surface area contributed by atoms with Crippen molar-refractivity contribution in [1.29, 1.82) is 0 Å². The molecule has 3 atom stereocenters. The summed E-state index contributed by atoms with van der Waals surface area (Å²) in [7, 11) is 1.85. The number of esters is 1. The highest BCUT2D eigenvalue weighted by molar-refractivity contribution is 8.00. The molecule has 33 heavy (non-hydrogen) atoms. The van der Waals surface area contributed by atoms with Crippen LogP contribution in [0.2, 0.25) is 5.02 Å². The minimum Gasteiger partial charge on any atom is -0.488 e. The number of nitrogens with zero attached hydrogens (tertiary/aromatic N) is 4. The third-order valence-corrected chi connectivity index (χ3v) is 6.56. The molecule has 0 amide bonds. The molecule has 174 valence electrons. The Morgan fingerprint density at radius 1 is 1.30 bits per heavy atom. The van der Waals surface area contributed by atoms with Crippen LogP contribution in [0.3, 0.4) is 0 Å². The first-order valence-corrected chi connectivity index (χ1v) is 11.6. The number of rotatable bonds is 7. The van der Waals surface area contributed by atoms with E-state index < -0.39 is 5.82 Å². The van der Waals surface area contributed by atoms with Crippen LogP contribution in [0.5, 0.6) is 5.75 Å². The van der Waals surface area contributed by atoms with Crippen molar-refractivity contribution in [3.63, 3.8) is 0 Å². The van der Waals surface area contributed by atoms with Crippen molar-refractivity contribution in [1.82, 2.24) is 19.7 Å². The summed E-state index contributed by atoms with van der Waals surface area (Å²) in [5.41, 5.74) is 0.953. The fraction of sp³-hybridized carbons (Fsp3) is 0.364. The molecule has 3 aromatic rings. The molecule has 1 aromatic carbocycles. The fourth-order valence-electron chi connectivity index (χ4n) is 3.95. The van der Waals surface area contributed by atoms with E-state index in [1.807, 2.05) is 13.1 Å². The standard InChI is InChI=1S/C22H23ClFN5O3S/c1-13(30)31-14-3-4-19(15(9-14)18-5-8-27-29(18)2)32-20-11-17(24)21(10-16(20)23)33-28-22-6-7-25-12-26-22/h5-8,10-12,14-15,19H,3-4,9H2,1-2H3,(H,25,26,28)/t14-,15?,19+/m1/s1. The number of ether oxygens (including phenoxy) is 2. The molecule has 1 unspecified atom stereocenters. The molecule has 0 spiro atoms. The average molecular weight is 492 g/mol. The third-order valence-electron chi connectivity index (χ3n) is 5.42. The minimum atomic E-state index is -0.466. The summed E-state index contributed by atoms with van der Waals surface area (Å²) in [5, 5.41) is 4.56. The maximum atomic E-state index is 14.8. The van der Waals surface area contributed by atoms with Gasteiger partial charge >= 0.3 is 5.97 Å². The Kier molecular flexibility index (Phi) is 7.34. The number of hydrogen-bond acceptors (Lipinski definition) is 8. The first-order chi connectivity index (χ1) is 15.9. The number of hydrogen-bond donors (Lipinski definition) is 1. The number of benzene rings is 1. The Bertz CT molecular complexity index is 1120. The fourth-order valence-corrected chi connectivity index (χ4v) is 4.89. The van der Waals surface area contributed by atoms with Crippen LogP contribution < -0.4 is 9.46 Å². The van der Waals surface area contributed by atoms with Crippen molar-refractivity contribution in [2.75, 3.05) is 4.72 Å². The first kappa shape index (κ1) is 23.3. The number of aryl methyl sites for hydroxylation is 1. The van der Waals surface area contributed by atoms with Gasteiger partial charge in [0.2, 0.25) is 0 Å². The normalized spacial score (nSPS) is 20.3. The van der Waals surface area contributed by atoms with Crippen LogP contribution in [0.25, 0.3) is 0 Å². The number of nitrogens with one attached hydrogen (secondary N) is 1. The van der Waals surface area contributed by atoms with Gasteiger partial charge in [-0.1, -0.05) is 11.6 Å². The van der Waals surface area contributed by atoms with Crippen LogP contribution in [0.1, 0.15) is 37.8 Å². The highest BCUT2D eigenvalue weighted by atomic mass is 35.5. The monoisotopic (exact) mass is 491 g/mol. The smallest absolute Gasteiger partial charge is 0.302 e. The van der Waals surface area contributed by atoms with Gasteiger partial charge in [-0.15, -0.1) is 0 Å². The molecule has 8 nitrogen and oxygen atoms in total. The van der Waals surface area contributed by atoms with Crippen molar-refractivity contribution in [3.05, 3.63) is 59.5 Å². The van der Waals surface area contributed by atoms with Crippen LogP contribution in [-0.4, -0.2) is 37.9 Å². The lowest BCUT2D eigenvalue weighted by atomic mass is 9.82. The highest BCUT2D eigenvalue weighted by Gasteiger charge is 2.36. The average Bonchev–Trinajstić information content (AvgIpc) is 3.22. The van der Waals surface area contributed by atoms with Crippen molar-refractivity contribution < 1.29 is 18.7 Å². The van der Waals surface area contributed by atoms with E-state index in [4.69, 9.17) is 21.1 Å². The van der Waals surface area contributed by atoms with E-state index in [0.717, 1.165) is 17.6 Å². The van der Waals surface area contributed by atoms with Crippen molar-refractivity contribution in [3.8, 4) is 5.75 Å². The highest BCUT2D eigenvalue weighted by Crippen LogP contribution is 2.40. The van der Waals surface area contributed by atoms with Gasteiger partial charge < -0.3 is 14.2 Å². The number of aromatic nitrogens is 4. The summed E-state index contributed by atoms with van der Waals surface area (Å²) in [6, 6.07) is 6.41. The number of anilines is 1. The molecule has 0 saturated heterocycles. The van der Waals surface area contributed by atoms with Crippen molar-refractivity contribution >= 4 is 35.3 Å². The summed E-state index contributed by atoms with van der Waals surface area (Å²) in [6.45, 7) is 1.41. The van der Waals surface area contributed by atoms with E-state index in [9.17, 15) is 9.18 Å². The van der Waals surface area contributed by atoms with Crippen LogP contribution in [0.4, 0.5) is 10.2 Å². The van der Waals surface area contributed by atoms with Crippen LogP contribution in [0, 0.1) is 5.82 Å². The van der Waals surface area contributed by atoms with Gasteiger partial charge in [0.25, 0.3) is 0 Å². The first-order valence-electron chi connectivity index (χ1n) is 10.4. The molecule has 4 rings (SSSR count). The Hall–Kier alpha value is -2.85. The summed E-state index contributed by atoms with van der Waals surface area (Å²) in [4.78, 5) is 19.7. The SMILES string of the molecule is CC(=O)O[C@@H]1CC[C@H](Oc2cc(F)c(SNc3ccncn3)cc2Cl)C(c2ccnn2C)C1. The molecule has 2 aromatic heterocycles. The molecule has 1 saturated carbocycles. The maximum Gasteiger partial charge on any atom is 0.302 e. The molecule has 1 N–H and O–H groups in total. The second-order valence-corrected chi connectivity index (χ2v) is 8.95. The maximum absolute atomic E-state index is 14.8. The van der Waals surface area contributed by atoms with Crippen LogP contribution >= 0.6 is 23.5 Å². The molecular weight excluding hydrogens is 469 g/mol. The minimum absolute atomic E-state index is 0.0942. The molecular formula is C22H23ClFN5O3S. The third kappa shape index (κ3) is 5.75. The van der Waals surface area contributed by atoms with E-state index in [1.54, 1.807) is 23.1 Å². The van der Waals surface area contributed by atoms with Crippen molar-refractivity contribution in [2.24, 2.45) is 7.05 Å². The summed E-state index contributed by atoms with van der Waals surface area (Å²) in [5.74, 6) is -0.0511. The molecule has 0 bridgehead atoms. The number of carbonyl (C=O) groups is 1. The van der Waals surface area contributed by atoms with Gasteiger partial charge in [0.1, 0.15) is 35.9 Å². The topological polar surface area (TPSA) is 91.2 Å². The Morgan fingerprint density at radius 3 is 2.85 bits per heavy atom. The summed E-state index contributed by atoms with van der Waals surface area (Å²) >= 11 is 7.52. The van der Waals surface area contributed by atoms with Crippen LogP contribution in [-0.2, 0) is 16.6 Å². The van der Waals surface area contributed by atoms with E-state index in [2.05, 4.69) is 19.8 Å². The van der Waals surface area contributed by atoms with Gasteiger partial charge in [-0.2, -0.15) is 5.10 Å². The Labute approximate surface area is 200 Å². The van der Waals surface area contributed by atoms with Gasteiger partial charge in [0.05, 0.1) is 9.92 Å². The molecule has 0 aliphatic heterocycles. The zero-order valence-electron chi connectivity index (χ0n) is 18.1. The van der Waals surface area contributed by atoms with E-state index in [0.29, 0.717) is 35.0 Å². The molecule has 11 heteroatoms. The number of carbonyl (C=O) groups excluding carboxylic acids is 1. The quantitative estimate of drug-likeness (QED) is 0.373. The van der Waals surface area contributed by atoms with E-state index >= 15 is 0 Å². The molecule has 0 radical (unpaired) electrons. The van der Waals surface area contributed by atoms with Gasteiger partial charge in [0, 0.05) is 44.0 Å². The Balaban J connectivity index is 1.51. The van der Waals surface area contributed by atoms with Gasteiger partial charge in [-0.25, -0.2) is 14.4 Å². The lowest BCUT2D eigenvalue weighted by Crippen LogP contribution is -2.37. The largest absolute Gasteiger partial charge is 0.488 e. The lowest BCUT2D eigenvalue weighted by Gasteiger charge is -2.36. The molecule has 2 heterocycles. The Morgan fingerprint density at radius 2 is 2.15 bits per heavy atom. The van der Waals surface area contributed by atoms with Crippen molar-refractivity contribution in [2.45, 2.75) is 49.2 Å². The predicted molar refractivity (Wildman–Crippen MR) is 123 cm³/mol. The number of halogens is 2. The summed E-state index contributed by atoms with van der Waals surface area (Å²) in [6.07, 6.45) is 6.07. The van der Waals surface area contributed by atoms with Gasteiger partial charge in [-0.3, -0.25) is 9.48 Å². The van der Waals surface area contributed by atoms with Crippen LogP contribution in [0.15, 0.2) is 47.9 Å². The molecule has 1 aliphatic carbocycles. The summed E-state index contributed by atoms with van der Waals surface area (Å²) < 4.78 is 31.2. The molecule has 1 fully saturated rings. The lowest BCUT2D eigenvalue weighted by molar-refractivity contribution is -0.149.